The van der Waals surface area contributed by atoms with Crippen molar-refractivity contribution in [3.8, 4) is 0 Å². The van der Waals surface area contributed by atoms with Crippen molar-refractivity contribution in [1.29, 1.82) is 0 Å². The zero-order chi connectivity index (χ0) is 48.0. The molecule has 12 aromatic carbocycles. The Labute approximate surface area is 418 Å². The lowest BCUT2D eigenvalue weighted by atomic mass is 10.1. The summed E-state index contributed by atoms with van der Waals surface area (Å²) in [6.45, 7) is 0. The predicted octanol–water partition coefficient (Wildman–Crippen LogP) is 19.4. The van der Waals surface area contributed by atoms with E-state index in [1.807, 2.05) is 0 Å². The van der Waals surface area contributed by atoms with Crippen LogP contribution in [0.1, 0.15) is 0 Å². The van der Waals surface area contributed by atoms with E-state index in [4.69, 9.17) is 13.5 Å². The summed E-state index contributed by atoms with van der Waals surface area (Å²) in [6, 6.07) is 89.5. The predicted molar refractivity (Wildman–Crippen MR) is 313 cm³/mol. The smallest absolute Gasteiger partial charge is 0.268 e. The Morgan fingerprint density at radius 1 is 0.181 bits per heavy atom. The normalized spacial score (nSPS) is 14.5. The van der Waals surface area contributed by atoms with Crippen molar-refractivity contribution in [2.24, 2.45) is 13.5 Å². The van der Waals surface area contributed by atoms with E-state index in [9.17, 15) is 0 Å². The average Bonchev–Trinajstić information content (AvgIpc) is 3.40. The van der Waals surface area contributed by atoms with Crippen LogP contribution in [-0.2, 0) is 0 Å². The van der Waals surface area contributed by atoms with Crippen molar-refractivity contribution >= 4 is 121 Å². The third-order valence-electron chi connectivity index (χ3n) is 13.0. The second-order valence-electron chi connectivity index (χ2n) is 18.1. The molecule has 9 nitrogen and oxygen atoms in total. The van der Waals surface area contributed by atoms with Crippen LogP contribution in [0.3, 0.4) is 0 Å². The van der Waals surface area contributed by atoms with Crippen molar-refractivity contribution in [2.45, 2.75) is 0 Å². The molecule has 72 heavy (non-hydrogen) atoms. The van der Waals surface area contributed by atoms with Gasteiger partial charge in [-0.2, -0.15) is 13.5 Å². The number of hydrogen-bond donors (Lipinski definition) is 6. The SMILES string of the molecule is c1ccc2cc(NP3(Nc4ccc5ccccc5c4)=NP(Nc4ccc5ccccc5c4)(Nc4ccc5ccccc5c4)=NP(Nc4ccc5ccccc5c4)(Nc4ccc5ccccc5c4)=N3)ccc2c1. The Bertz CT molecular complexity index is 3560. The largest absolute Gasteiger partial charge is 0.318 e. The summed E-state index contributed by atoms with van der Waals surface area (Å²) in [6.07, 6.45) is 0. The molecule has 0 bridgehead atoms. The van der Waals surface area contributed by atoms with Gasteiger partial charge in [0.05, 0.1) is 0 Å². The molecule has 0 spiro atoms. The fraction of sp³-hybridized carbons (Fsp3) is 0. The fourth-order valence-corrected chi connectivity index (χ4v) is 20.8. The van der Waals surface area contributed by atoms with Crippen LogP contribution in [0.15, 0.2) is 268 Å². The Balaban J connectivity index is 1.13. The molecule has 1 aliphatic heterocycles. The van der Waals surface area contributed by atoms with Gasteiger partial charge in [0.1, 0.15) is 0 Å². The molecule has 0 atom stereocenters. The van der Waals surface area contributed by atoms with E-state index in [-0.39, 0.29) is 0 Å². The maximum absolute atomic E-state index is 6.12. The summed E-state index contributed by atoms with van der Waals surface area (Å²) >= 11 is 0. The molecule has 12 aromatic rings. The van der Waals surface area contributed by atoms with Gasteiger partial charge in [0.15, 0.2) is 0 Å². The van der Waals surface area contributed by atoms with Gasteiger partial charge in [0.2, 0.25) is 0 Å². The van der Waals surface area contributed by atoms with Gasteiger partial charge >= 0.3 is 0 Å². The number of hydrogen-bond acceptors (Lipinski definition) is 9. The number of benzene rings is 12. The van der Waals surface area contributed by atoms with Gasteiger partial charge in [-0.25, -0.2) is 0 Å². The highest BCUT2D eigenvalue weighted by Crippen LogP contribution is 2.76. The van der Waals surface area contributed by atoms with Gasteiger partial charge in [-0.3, -0.25) is 0 Å². The lowest BCUT2D eigenvalue weighted by Crippen LogP contribution is -2.16. The summed E-state index contributed by atoms with van der Waals surface area (Å²) in [5.41, 5.74) is 5.22. The van der Waals surface area contributed by atoms with Crippen LogP contribution < -0.4 is 30.5 Å². The molecular weight excluding hydrogens is 940 g/mol. The van der Waals surface area contributed by atoms with Gasteiger partial charge in [0, 0.05) is 34.1 Å². The van der Waals surface area contributed by atoms with E-state index >= 15 is 0 Å². The van der Waals surface area contributed by atoms with Crippen molar-refractivity contribution in [3.05, 3.63) is 255 Å². The number of nitrogens with one attached hydrogen (secondary N) is 6. The molecule has 0 aliphatic carbocycles. The number of rotatable bonds is 12. The molecule has 0 unspecified atom stereocenters. The van der Waals surface area contributed by atoms with Crippen molar-refractivity contribution in [2.75, 3.05) is 30.5 Å². The lowest BCUT2D eigenvalue weighted by molar-refractivity contribution is 1.50. The average molecular weight is 988 g/mol. The van der Waals surface area contributed by atoms with E-state index in [0.717, 1.165) is 98.8 Å². The molecular formula is C60H48N9P3. The lowest BCUT2D eigenvalue weighted by Gasteiger charge is -2.38. The third kappa shape index (κ3) is 8.91. The van der Waals surface area contributed by atoms with Gasteiger partial charge < -0.3 is 30.5 Å². The molecule has 0 fully saturated rings. The van der Waals surface area contributed by atoms with Crippen LogP contribution in [-0.4, -0.2) is 0 Å². The first-order valence-corrected chi connectivity index (χ1v) is 29.0. The maximum atomic E-state index is 6.12. The van der Waals surface area contributed by atoms with Crippen LogP contribution in [0.25, 0.3) is 64.6 Å². The number of nitrogens with zero attached hydrogens (tertiary/aromatic N) is 3. The molecule has 0 amide bonds. The Morgan fingerprint density at radius 2 is 0.333 bits per heavy atom. The molecule has 348 valence electrons. The molecule has 1 heterocycles. The minimum absolute atomic E-state index is 0.869. The molecule has 13 rings (SSSR count). The van der Waals surface area contributed by atoms with E-state index in [1.54, 1.807) is 0 Å². The van der Waals surface area contributed by atoms with Crippen LogP contribution in [0, 0.1) is 0 Å². The highest BCUT2D eigenvalue weighted by molar-refractivity contribution is 7.89. The van der Waals surface area contributed by atoms with E-state index < -0.39 is 22.5 Å². The summed E-state index contributed by atoms with van der Waals surface area (Å²) in [4.78, 5) is 0. The second-order valence-corrected chi connectivity index (χ2v) is 25.2. The maximum Gasteiger partial charge on any atom is 0.268 e. The molecule has 12 heteroatoms. The molecule has 0 saturated heterocycles. The summed E-state index contributed by atoms with van der Waals surface area (Å²) in [5, 5.41) is 37.8. The highest BCUT2D eigenvalue weighted by atomic mass is 31.3. The van der Waals surface area contributed by atoms with Crippen LogP contribution in [0.2, 0.25) is 0 Å². The van der Waals surface area contributed by atoms with Gasteiger partial charge in [-0.15, -0.1) is 0 Å². The molecule has 0 saturated carbocycles. The molecule has 1 aliphatic rings. The zero-order valence-electron chi connectivity index (χ0n) is 38.9. The second kappa shape index (κ2) is 18.1. The minimum Gasteiger partial charge on any atom is -0.318 e. The monoisotopic (exact) mass is 987 g/mol. The highest BCUT2D eigenvalue weighted by Gasteiger charge is 2.40. The van der Waals surface area contributed by atoms with Crippen molar-refractivity contribution < 1.29 is 0 Å². The van der Waals surface area contributed by atoms with Crippen molar-refractivity contribution in [1.82, 2.24) is 0 Å². The Morgan fingerprint density at radius 3 is 0.500 bits per heavy atom. The summed E-state index contributed by atoms with van der Waals surface area (Å²) in [7, 11) is -10.4. The van der Waals surface area contributed by atoms with Crippen LogP contribution in [0.4, 0.5) is 34.1 Å². The third-order valence-corrected chi connectivity index (χ3v) is 22.6. The van der Waals surface area contributed by atoms with Crippen LogP contribution in [0.5, 0.6) is 0 Å². The minimum atomic E-state index is -3.47. The zero-order valence-corrected chi connectivity index (χ0v) is 41.6. The molecule has 6 N–H and O–H groups in total. The topological polar surface area (TPSA) is 109 Å². The number of fused-ring (bicyclic) bond motifs is 6. The van der Waals surface area contributed by atoms with Gasteiger partial charge in [-0.1, -0.05) is 182 Å². The van der Waals surface area contributed by atoms with Crippen LogP contribution >= 0.6 is 22.5 Å². The van der Waals surface area contributed by atoms with E-state index in [0.29, 0.717) is 0 Å². The first kappa shape index (κ1) is 43.7. The van der Waals surface area contributed by atoms with Gasteiger partial charge in [-0.05, 0) is 137 Å². The Hall–Kier alpha value is -8.31. The quantitative estimate of drug-likeness (QED) is 0.0681. The van der Waals surface area contributed by atoms with Crippen molar-refractivity contribution in [3.63, 3.8) is 0 Å². The Kier molecular flexibility index (Phi) is 11.0. The fourth-order valence-electron chi connectivity index (χ4n) is 9.60. The first-order valence-electron chi connectivity index (χ1n) is 23.9. The van der Waals surface area contributed by atoms with E-state index in [1.165, 1.54) is 0 Å². The first-order chi connectivity index (χ1) is 35.4. The number of anilines is 6. The molecule has 0 radical (unpaired) electrons. The standard InChI is InChI=1S/C60H48N9P3/c1-7-19-49-37-55(31-25-43(49)13-1)61-70(62-56-32-26-44-14-2-8-20-50(44)38-56)67-71(63-57-33-27-45-15-3-9-21-51(45)39-57,64-58-34-28-46-16-4-10-22-52(46)40-58)69-72(68-70,65-59-35-29-47-17-5-11-23-53(47)41-59)66-60-36-30-48-18-6-12-24-54(48)42-60/h1-42,61-66H. The summed E-state index contributed by atoms with van der Waals surface area (Å²) in [5.74, 6) is 0. The van der Waals surface area contributed by atoms with E-state index in [2.05, 4.69) is 285 Å². The summed E-state index contributed by atoms with van der Waals surface area (Å²) < 4.78 is 18.4. The van der Waals surface area contributed by atoms with Gasteiger partial charge in [0.25, 0.3) is 22.5 Å². The molecule has 0 aromatic heterocycles.